The van der Waals surface area contributed by atoms with E-state index in [9.17, 15) is 0 Å². The van der Waals surface area contributed by atoms with Crippen LogP contribution in [0.1, 0.15) is 38.5 Å². The summed E-state index contributed by atoms with van der Waals surface area (Å²) >= 11 is 0. The predicted molar refractivity (Wildman–Crippen MR) is 55.9 cm³/mol. The average molecular weight is 182 g/mol. The van der Waals surface area contributed by atoms with Gasteiger partial charge in [0.1, 0.15) is 0 Å². The fourth-order valence-corrected chi connectivity index (χ4v) is 2.61. The van der Waals surface area contributed by atoms with Crippen LogP contribution >= 0.6 is 0 Å². The molecule has 1 aliphatic heterocycles. The summed E-state index contributed by atoms with van der Waals surface area (Å²) in [5.74, 6) is 0.987. The normalized spacial score (nSPS) is 30.0. The zero-order chi connectivity index (χ0) is 8.93. The first-order chi connectivity index (χ1) is 6.45. The largest absolute Gasteiger partial charge is 0.315 e. The quantitative estimate of drug-likeness (QED) is 0.689. The summed E-state index contributed by atoms with van der Waals surface area (Å²) in [5, 5.41) is 7.13. The molecule has 0 bridgehead atoms. The summed E-state index contributed by atoms with van der Waals surface area (Å²) < 4.78 is 0. The van der Waals surface area contributed by atoms with Crippen molar-refractivity contribution in [1.82, 2.24) is 10.6 Å². The Morgan fingerprint density at radius 3 is 2.54 bits per heavy atom. The van der Waals surface area contributed by atoms with Gasteiger partial charge in [0.2, 0.25) is 0 Å². The van der Waals surface area contributed by atoms with Crippen molar-refractivity contribution in [1.29, 1.82) is 0 Å². The molecule has 2 nitrogen and oxygen atoms in total. The Kier molecular flexibility index (Phi) is 3.62. The van der Waals surface area contributed by atoms with Gasteiger partial charge in [-0.05, 0) is 44.7 Å². The Morgan fingerprint density at radius 1 is 1.00 bits per heavy atom. The molecule has 1 heterocycles. The molecule has 0 aromatic rings. The Balaban J connectivity index is 1.52. The Hall–Kier alpha value is -0.0800. The molecule has 1 aliphatic carbocycles. The highest BCUT2D eigenvalue weighted by Crippen LogP contribution is 2.23. The van der Waals surface area contributed by atoms with E-state index in [1.807, 2.05) is 0 Å². The van der Waals surface area contributed by atoms with Gasteiger partial charge in [-0.15, -0.1) is 0 Å². The van der Waals surface area contributed by atoms with Gasteiger partial charge in [0, 0.05) is 12.6 Å². The SMILES string of the molecule is C1CCC(CNCC2CCCN2)C1. The highest BCUT2D eigenvalue weighted by atomic mass is 15.0. The molecule has 2 heteroatoms. The molecular weight excluding hydrogens is 160 g/mol. The van der Waals surface area contributed by atoms with Crippen molar-refractivity contribution in [2.45, 2.75) is 44.6 Å². The van der Waals surface area contributed by atoms with E-state index in [4.69, 9.17) is 0 Å². The lowest BCUT2D eigenvalue weighted by atomic mass is 10.1. The molecule has 0 aromatic heterocycles. The number of rotatable bonds is 4. The second-order valence-electron chi connectivity index (χ2n) is 4.60. The van der Waals surface area contributed by atoms with Gasteiger partial charge in [0.25, 0.3) is 0 Å². The Bertz CT molecular complexity index is 119. The molecule has 2 aliphatic rings. The first kappa shape index (κ1) is 9.47. The fraction of sp³-hybridized carbons (Fsp3) is 1.00. The van der Waals surface area contributed by atoms with Crippen molar-refractivity contribution < 1.29 is 0 Å². The van der Waals surface area contributed by atoms with Crippen LogP contribution in [-0.4, -0.2) is 25.7 Å². The maximum absolute atomic E-state index is 3.61. The topological polar surface area (TPSA) is 24.1 Å². The predicted octanol–water partition coefficient (Wildman–Crippen LogP) is 1.52. The van der Waals surface area contributed by atoms with Crippen molar-refractivity contribution in [2.75, 3.05) is 19.6 Å². The standard InChI is InChI=1S/C11H22N2/c1-2-5-10(4-1)8-12-9-11-6-3-7-13-11/h10-13H,1-9H2. The average Bonchev–Trinajstić information content (AvgIpc) is 2.75. The molecule has 76 valence electrons. The maximum atomic E-state index is 3.61. The van der Waals surface area contributed by atoms with Crippen LogP contribution in [0.15, 0.2) is 0 Å². The molecule has 1 unspecified atom stereocenters. The number of nitrogens with one attached hydrogen (secondary N) is 2. The van der Waals surface area contributed by atoms with E-state index in [0.29, 0.717) is 0 Å². The van der Waals surface area contributed by atoms with E-state index in [1.165, 1.54) is 58.2 Å². The van der Waals surface area contributed by atoms with Gasteiger partial charge in [-0.2, -0.15) is 0 Å². The van der Waals surface area contributed by atoms with Gasteiger partial charge in [0.15, 0.2) is 0 Å². The van der Waals surface area contributed by atoms with Crippen molar-refractivity contribution in [3.05, 3.63) is 0 Å². The molecule has 0 aromatic carbocycles. The molecule has 2 fully saturated rings. The van der Waals surface area contributed by atoms with Crippen molar-refractivity contribution in [3.8, 4) is 0 Å². The van der Waals surface area contributed by atoms with Crippen LogP contribution in [0, 0.1) is 5.92 Å². The first-order valence-corrected chi connectivity index (χ1v) is 5.89. The lowest BCUT2D eigenvalue weighted by Crippen LogP contribution is -2.35. The van der Waals surface area contributed by atoms with Gasteiger partial charge in [-0.25, -0.2) is 0 Å². The van der Waals surface area contributed by atoms with Gasteiger partial charge < -0.3 is 10.6 Å². The number of hydrogen-bond donors (Lipinski definition) is 2. The van der Waals surface area contributed by atoms with Crippen LogP contribution in [0.4, 0.5) is 0 Å². The van der Waals surface area contributed by atoms with Crippen LogP contribution in [0.25, 0.3) is 0 Å². The molecule has 1 saturated carbocycles. The van der Waals surface area contributed by atoms with Crippen LogP contribution in [0.2, 0.25) is 0 Å². The smallest absolute Gasteiger partial charge is 0.0192 e. The third-order valence-corrected chi connectivity index (χ3v) is 3.46. The van der Waals surface area contributed by atoms with E-state index in [-0.39, 0.29) is 0 Å². The highest BCUT2D eigenvalue weighted by Gasteiger charge is 2.16. The lowest BCUT2D eigenvalue weighted by molar-refractivity contribution is 0.457. The highest BCUT2D eigenvalue weighted by molar-refractivity contribution is 4.77. The van der Waals surface area contributed by atoms with Crippen LogP contribution in [0.3, 0.4) is 0 Å². The fourth-order valence-electron chi connectivity index (χ4n) is 2.61. The zero-order valence-corrected chi connectivity index (χ0v) is 8.52. The summed E-state index contributed by atoms with van der Waals surface area (Å²) in [4.78, 5) is 0. The van der Waals surface area contributed by atoms with E-state index in [0.717, 1.165) is 12.0 Å². The second kappa shape index (κ2) is 4.97. The van der Waals surface area contributed by atoms with E-state index < -0.39 is 0 Å². The zero-order valence-electron chi connectivity index (χ0n) is 8.52. The molecule has 1 atom stereocenters. The third-order valence-electron chi connectivity index (χ3n) is 3.46. The Labute approximate surface area is 81.5 Å². The Morgan fingerprint density at radius 2 is 1.85 bits per heavy atom. The van der Waals surface area contributed by atoms with Crippen molar-refractivity contribution >= 4 is 0 Å². The van der Waals surface area contributed by atoms with Gasteiger partial charge in [0.05, 0.1) is 0 Å². The summed E-state index contributed by atoms with van der Waals surface area (Å²) in [6.07, 6.45) is 8.60. The lowest BCUT2D eigenvalue weighted by Gasteiger charge is -2.14. The monoisotopic (exact) mass is 182 g/mol. The van der Waals surface area contributed by atoms with E-state index in [1.54, 1.807) is 0 Å². The summed E-state index contributed by atoms with van der Waals surface area (Å²) in [6.45, 7) is 3.68. The maximum Gasteiger partial charge on any atom is 0.0192 e. The van der Waals surface area contributed by atoms with Gasteiger partial charge in [-0.3, -0.25) is 0 Å². The summed E-state index contributed by atoms with van der Waals surface area (Å²) in [5.41, 5.74) is 0. The number of hydrogen-bond acceptors (Lipinski definition) is 2. The summed E-state index contributed by atoms with van der Waals surface area (Å²) in [7, 11) is 0. The van der Waals surface area contributed by atoms with Gasteiger partial charge in [-0.1, -0.05) is 12.8 Å². The van der Waals surface area contributed by atoms with Crippen LogP contribution in [-0.2, 0) is 0 Å². The molecular formula is C11H22N2. The molecule has 13 heavy (non-hydrogen) atoms. The first-order valence-electron chi connectivity index (χ1n) is 5.89. The molecule has 0 radical (unpaired) electrons. The van der Waals surface area contributed by atoms with E-state index in [2.05, 4.69) is 10.6 Å². The van der Waals surface area contributed by atoms with E-state index >= 15 is 0 Å². The van der Waals surface area contributed by atoms with Crippen LogP contribution in [0.5, 0.6) is 0 Å². The van der Waals surface area contributed by atoms with Crippen molar-refractivity contribution in [3.63, 3.8) is 0 Å². The van der Waals surface area contributed by atoms with Crippen LogP contribution < -0.4 is 10.6 Å². The minimum Gasteiger partial charge on any atom is -0.315 e. The minimum atomic E-state index is 0.765. The van der Waals surface area contributed by atoms with Crippen molar-refractivity contribution in [2.24, 2.45) is 5.92 Å². The third kappa shape index (κ3) is 2.96. The molecule has 0 amide bonds. The molecule has 0 spiro atoms. The molecule has 2 N–H and O–H groups in total. The molecule has 2 rings (SSSR count). The summed E-state index contributed by atoms with van der Waals surface area (Å²) in [6, 6.07) is 0.765. The van der Waals surface area contributed by atoms with Gasteiger partial charge >= 0.3 is 0 Å². The second-order valence-corrected chi connectivity index (χ2v) is 4.60. The molecule has 1 saturated heterocycles. The minimum absolute atomic E-state index is 0.765.